The van der Waals surface area contributed by atoms with Gasteiger partial charge in [0.15, 0.2) is 0 Å². The summed E-state index contributed by atoms with van der Waals surface area (Å²) < 4.78 is 44.3. The van der Waals surface area contributed by atoms with Crippen molar-refractivity contribution in [3.05, 3.63) is 36.0 Å². The summed E-state index contributed by atoms with van der Waals surface area (Å²) in [5, 5.41) is 3.34. The van der Waals surface area contributed by atoms with Crippen LogP contribution in [0.2, 0.25) is 0 Å². The highest BCUT2D eigenvalue weighted by molar-refractivity contribution is 7.92. The standard InChI is InChI=1S/C10H10FN3O3S/c1-6-2-7(12)3-9(10(6)11)18(15,16)14-8-4-13-17-5-8/h2-5,14H,12H2,1H3. The van der Waals surface area contributed by atoms with Gasteiger partial charge in [-0.1, -0.05) is 5.16 Å². The summed E-state index contributed by atoms with van der Waals surface area (Å²) in [6, 6.07) is 2.41. The van der Waals surface area contributed by atoms with E-state index in [0.29, 0.717) is 0 Å². The number of sulfonamides is 1. The van der Waals surface area contributed by atoms with Crippen LogP contribution < -0.4 is 10.5 Å². The zero-order chi connectivity index (χ0) is 13.3. The number of hydrogen-bond donors (Lipinski definition) is 2. The molecule has 0 saturated heterocycles. The number of anilines is 2. The van der Waals surface area contributed by atoms with Crippen molar-refractivity contribution in [2.24, 2.45) is 0 Å². The Bertz CT molecular complexity index is 668. The van der Waals surface area contributed by atoms with Crippen molar-refractivity contribution in [3.63, 3.8) is 0 Å². The van der Waals surface area contributed by atoms with Crippen LogP contribution in [0, 0.1) is 12.7 Å². The van der Waals surface area contributed by atoms with Gasteiger partial charge in [0.05, 0.1) is 6.20 Å². The lowest BCUT2D eigenvalue weighted by Gasteiger charge is -2.09. The lowest BCUT2D eigenvalue weighted by atomic mass is 10.2. The minimum absolute atomic E-state index is 0.106. The molecule has 1 aromatic heterocycles. The lowest BCUT2D eigenvalue weighted by Crippen LogP contribution is -2.15. The first-order chi connectivity index (χ1) is 8.40. The highest BCUT2D eigenvalue weighted by atomic mass is 32.2. The third-order valence-electron chi connectivity index (χ3n) is 2.22. The van der Waals surface area contributed by atoms with Crippen LogP contribution in [0.5, 0.6) is 0 Å². The molecular weight excluding hydrogens is 261 g/mol. The van der Waals surface area contributed by atoms with E-state index >= 15 is 0 Å². The van der Waals surface area contributed by atoms with Gasteiger partial charge in [-0.25, -0.2) is 12.8 Å². The first-order valence-electron chi connectivity index (χ1n) is 4.88. The smallest absolute Gasteiger partial charge is 0.265 e. The molecule has 0 unspecified atom stereocenters. The molecule has 2 rings (SSSR count). The summed E-state index contributed by atoms with van der Waals surface area (Å²) >= 11 is 0. The second-order valence-electron chi connectivity index (χ2n) is 3.67. The normalized spacial score (nSPS) is 11.4. The SMILES string of the molecule is Cc1cc(N)cc(S(=O)(=O)Nc2cnoc2)c1F. The number of aryl methyl sites for hydroxylation is 1. The van der Waals surface area contributed by atoms with Gasteiger partial charge in [-0.3, -0.25) is 4.72 Å². The van der Waals surface area contributed by atoms with E-state index in [4.69, 9.17) is 5.73 Å². The fourth-order valence-corrected chi connectivity index (χ4v) is 2.63. The quantitative estimate of drug-likeness (QED) is 0.824. The van der Waals surface area contributed by atoms with Crippen LogP contribution in [-0.4, -0.2) is 13.6 Å². The summed E-state index contributed by atoms with van der Waals surface area (Å²) in [4.78, 5) is -0.513. The molecule has 0 bridgehead atoms. The molecule has 8 heteroatoms. The molecule has 6 nitrogen and oxygen atoms in total. The molecule has 0 aliphatic heterocycles. The van der Waals surface area contributed by atoms with Crippen molar-refractivity contribution in [3.8, 4) is 0 Å². The Kier molecular flexibility index (Phi) is 2.95. The van der Waals surface area contributed by atoms with Gasteiger partial charge in [0, 0.05) is 5.69 Å². The molecule has 0 amide bonds. The molecule has 2 aromatic rings. The van der Waals surface area contributed by atoms with E-state index in [1.165, 1.54) is 13.0 Å². The number of rotatable bonds is 3. The molecule has 3 N–H and O–H groups in total. The van der Waals surface area contributed by atoms with E-state index in [0.717, 1.165) is 18.5 Å². The Morgan fingerprint density at radius 3 is 2.78 bits per heavy atom. The van der Waals surface area contributed by atoms with Crippen molar-refractivity contribution in [1.29, 1.82) is 0 Å². The summed E-state index contributed by atoms with van der Waals surface area (Å²) in [5.41, 5.74) is 5.93. The van der Waals surface area contributed by atoms with Crippen molar-refractivity contribution >= 4 is 21.4 Å². The summed E-state index contributed by atoms with van der Waals surface area (Å²) in [7, 11) is -4.06. The molecule has 0 radical (unpaired) electrons. The monoisotopic (exact) mass is 271 g/mol. The second kappa shape index (κ2) is 4.30. The van der Waals surface area contributed by atoms with Crippen LogP contribution in [0.3, 0.4) is 0 Å². The third-order valence-corrected chi connectivity index (χ3v) is 3.60. The third kappa shape index (κ3) is 2.28. The topological polar surface area (TPSA) is 98.2 Å². The van der Waals surface area contributed by atoms with E-state index in [2.05, 4.69) is 14.4 Å². The Labute approximate surface area is 103 Å². The number of nitrogens with one attached hydrogen (secondary N) is 1. The van der Waals surface area contributed by atoms with Crippen molar-refractivity contribution in [2.45, 2.75) is 11.8 Å². The van der Waals surface area contributed by atoms with Crippen LogP contribution in [0.15, 0.2) is 34.0 Å². The van der Waals surface area contributed by atoms with Crippen LogP contribution in [0.25, 0.3) is 0 Å². The number of benzene rings is 1. The van der Waals surface area contributed by atoms with Gasteiger partial charge in [0.1, 0.15) is 22.7 Å². The van der Waals surface area contributed by atoms with Crippen molar-refractivity contribution in [2.75, 3.05) is 10.5 Å². The molecular formula is C10H10FN3O3S. The largest absolute Gasteiger partial charge is 0.399 e. The maximum atomic E-state index is 13.8. The summed E-state index contributed by atoms with van der Waals surface area (Å²) in [6.07, 6.45) is 2.25. The van der Waals surface area contributed by atoms with Gasteiger partial charge in [-0.15, -0.1) is 0 Å². The van der Waals surface area contributed by atoms with E-state index in [9.17, 15) is 12.8 Å². The van der Waals surface area contributed by atoms with E-state index in [1.54, 1.807) is 0 Å². The molecule has 96 valence electrons. The molecule has 18 heavy (non-hydrogen) atoms. The minimum atomic E-state index is -4.06. The summed E-state index contributed by atoms with van der Waals surface area (Å²) in [6.45, 7) is 1.43. The Morgan fingerprint density at radius 2 is 2.17 bits per heavy atom. The molecule has 1 heterocycles. The maximum Gasteiger partial charge on any atom is 0.265 e. The van der Waals surface area contributed by atoms with Crippen LogP contribution in [0.4, 0.5) is 15.8 Å². The Hall–Kier alpha value is -2.09. The highest BCUT2D eigenvalue weighted by Gasteiger charge is 2.21. The predicted octanol–water partition coefficient (Wildman–Crippen LogP) is 1.51. The van der Waals surface area contributed by atoms with E-state index in [1.807, 2.05) is 0 Å². The fraction of sp³-hybridized carbons (Fsp3) is 0.100. The van der Waals surface area contributed by atoms with E-state index < -0.39 is 20.7 Å². The number of aromatic nitrogens is 1. The van der Waals surface area contributed by atoms with Gasteiger partial charge in [-0.2, -0.15) is 0 Å². The number of nitrogens with two attached hydrogens (primary N) is 1. The van der Waals surface area contributed by atoms with Gasteiger partial charge in [0.25, 0.3) is 10.0 Å². The van der Waals surface area contributed by atoms with Crippen LogP contribution in [0.1, 0.15) is 5.56 Å². The number of hydrogen-bond acceptors (Lipinski definition) is 5. The molecule has 0 atom stereocenters. The Balaban J connectivity index is 2.48. The number of halogens is 1. The van der Waals surface area contributed by atoms with Gasteiger partial charge in [-0.05, 0) is 24.6 Å². The van der Waals surface area contributed by atoms with Crippen LogP contribution >= 0.6 is 0 Å². The zero-order valence-electron chi connectivity index (χ0n) is 9.34. The summed E-state index contributed by atoms with van der Waals surface area (Å²) in [5.74, 6) is -0.840. The molecule has 0 aliphatic carbocycles. The van der Waals surface area contributed by atoms with Gasteiger partial charge >= 0.3 is 0 Å². The highest BCUT2D eigenvalue weighted by Crippen LogP contribution is 2.23. The lowest BCUT2D eigenvalue weighted by molar-refractivity contribution is 0.420. The average molecular weight is 271 g/mol. The van der Waals surface area contributed by atoms with Crippen LogP contribution in [-0.2, 0) is 10.0 Å². The predicted molar refractivity (Wildman–Crippen MR) is 62.9 cm³/mol. The molecule has 0 saturated carbocycles. The van der Waals surface area contributed by atoms with E-state index in [-0.39, 0.29) is 16.9 Å². The van der Waals surface area contributed by atoms with Crippen molar-refractivity contribution in [1.82, 2.24) is 5.16 Å². The zero-order valence-corrected chi connectivity index (χ0v) is 10.2. The maximum absolute atomic E-state index is 13.8. The minimum Gasteiger partial charge on any atom is -0.399 e. The number of nitrogens with zero attached hydrogens (tertiary/aromatic N) is 1. The second-order valence-corrected chi connectivity index (χ2v) is 5.32. The number of nitrogen functional groups attached to an aromatic ring is 1. The van der Waals surface area contributed by atoms with Crippen molar-refractivity contribution < 1.29 is 17.3 Å². The fourth-order valence-electron chi connectivity index (χ4n) is 1.43. The van der Waals surface area contributed by atoms with Gasteiger partial charge < -0.3 is 10.3 Å². The molecule has 0 fully saturated rings. The molecule has 1 aromatic carbocycles. The van der Waals surface area contributed by atoms with Gasteiger partial charge in [0.2, 0.25) is 0 Å². The first-order valence-corrected chi connectivity index (χ1v) is 6.36. The molecule has 0 spiro atoms. The molecule has 0 aliphatic rings. The first kappa shape index (κ1) is 12.4. The Morgan fingerprint density at radius 1 is 1.44 bits per heavy atom. The average Bonchev–Trinajstić information content (AvgIpc) is 2.75.